The van der Waals surface area contributed by atoms with Crippen molar-refractivity contribution in [3.05, 3.63) is 64.1 Å². The summed E-state index contributed by atoms with van der Waals surface area (Å²) in [5.74, 6) is -0.963. The van der Waals surface area contributed by atoms with Crippen LogP contribution in [0.15, 0.2) is 46.9 Å². The minimum absolute atomic E-state index is 0.106. The molecule has 0 atom stereocenters. The third-order valence-corrected chi connectivity index (χ3v) is 3.42. The average Bonchev–Trinajstić information content (AvgIpc) is 2.40. The Bertz CT molecular complexity index is 604. The van der Waals surface area contributed by atoms with Crippen molar-refractivity contribution in [1.29, 1.82) is 0 Å². The zero-order chi connectivity index (χ0) is 13.8. The largest absolute Gasteiger partial charge is 0.336 e. The number of aromatic nitrogens is 1. The van der Waals surface area contributed by atoms with E-state index < -0.39 is 5.95 Å². The third-order valence-electron chi connectivity index (χ3n) is 2.65. The van der Waals surface area contributed by atoms with E-state index in [4.69, 9.17) is 0 Å². The highest BCUT2D eigenvalue weighted by Crippen LogP contribution is 2.18. The highest BCUT2D eigenvalue weighted by Gasteiger charge is 2.14. The summed E-state index contributed by atoms with van der Waals surface area (Å²) >= 11 is 3.43. The van der Waals surface area contributed by atoms with Crippen LogP contribution in [0.5, 0.6) is 0 Å². The SMILES string of the molecule is CN(Cc1ccccc1Br)C(=O)c1cccc(F)n1. The molecule has 5 heteroatoms. The molecule has 1 aromatic heterocycles. The van der Waals surface area contributed by atoms with Crippen molar-refractivity contribution in [1.82, 2.24) is 9.88 Å². The van der Waals surface area contributed by atoms with Crippen molar-refractivity contribution < 1.29 is 9.18 Å². The van der Waals surface area contributed by atoms with E-state index in [1.165, 1.54) is 23.1 Å². The Morgan fingerprint density at radius 1 is 1.26 bits per heavy atom. The van der Waals surface area contributed by atoms with Crippen molar-refractivity contribution in [3.63, 3.8) is 0 Å². The van der Waals surface area contributed by atoms with Crippen molar-refractivity contribution in [2.75, 3.05) is 7.05 Å². The number of nitrogens with zero attached hydrogens (tertiary/aromatic N) is 2. The lowest BCUT2D eigenvalue weighted by atomic mass is 10.2. The van der Waals surface area contributed by atoms with Gasteiger partial charge in [-0.3, -0.25) is 4.79 Å². The van der Waals surface area contributed by atoms with Crippen LogP contribution >= 0.6 is 15.9 Å². The molecule has 0 aliphatic carbocycles. The molecule has 0 saturated heterocycles. The molecule has 0 bridgehead atoms. The van der Waals surface area contributed by atoms with Crippen LogP contribution in [-0.2, 0) is 6.54 Å². The Hall–Kier alpha value is -1.75. The third kappa shape index (κ3) is 3.38. The van der Waals surface area contributed by atoms with Crippen LogP contribution in [0.1, 0.15) is 16.1 Å². The molecule has 0 aliphatic heterocycles. The molecule has 98 valence electrons. The predicted octanol–water partition coefficient (Wildman–Crippen LogP) is 3.26. The second-order valence-corrected chi connectivity index (χ2v) is 4.95. The number of carbonyl (C=O) groups is 1. The van der Waals surface area contributed by atoms with Gasteiger partial charge in [0.1, 0.15) is 5.69 Å². The molecule has 19 heavy (non-hydrogen) atoms. The second-order valence-electron chi connectivity index (χ2n) is 4.10. The molecule has 1 heterocycles. The van der Waals surface area contributed by atoms with Gasteiger partial charge in [0.25, 0.3) is 5.91 Å². The van der Waals surface area contributed by atoms with Crippen LogP contribution in [0.4, 0.5) is 4.39 Å². The normalized spacial score (nSPS) is 10.3. The monoisotopic (exact) mass is 322 g/mol. The van der Waals surface area contributed by atoms with Gasteiger partial charge in [-0.05, 0) is 23.8 Å². The standard InChI is InChI=1S/C14H12BrFN2O/c1-18(9-10-5-2-3-6-11(10)15)14(19)12-7-4-8-13(16)17-12/h2-8H,9H2,1H3. The highest BCUT2D eigenvalue weighted by atomic mass is 79.9. The molecule has 0 N–H and O–H groups in total. The summed E-state index contributed by atoms with van der Waals surface area (Å²) in [6, 6.07) is 11.8. The number of amides is 1. The number of pyridine rings is 1. The minimum atomic E-state index is -0.653. The highest BCUT2D eigenvalue weighted by molar-refractivity contribution is 9.10. The van der Waals surface area contributed by atoms with Gasteiger partial charge >= 0.3 is 0 Å². The van der Waals surface area contributed by atoms with Crippen molar-refractivity contribution in [2.45, 2.75) is 6.54 Å². The number of benzene rings is 1. The van der Waals surface area contributed by atoms with E-state index in [9.17, 15) is 9.18 Å². The van der Waals surface area contributed by atoms with Crippen molar-refractivity contribution in [3.8, 4) is 0 Å². The lowest BCUT2D eigenvalue weighted by Gasteiger charge is -2.17. The van der Waals surface area contributed by atoms with E-state index in [1.54, 1.807) is 7.05 Å². The van der Waals surface area contributed by atoms with Gasteiger partial charge in [-0.1, -0.05) is 40.2 Å². The Morgan fingerprint density at radius 3 is 2.68 bits per heavy atom. The van der Waals surface area contributed by atoms with Gasteiger partial charge in [0.2, 0.25) is 5.95 Å². The number of rotatable bonds is 3. The van der Waals surface area contributed by atoms with E-state index in [0.29, 0.717) is 6.54 Å². The molecule has 0 radical (unpaired) electrons. The summed E-state index contributed by atoms with van der Waals surface area (Å²) in [7, 11) is 1.66. The molecule has 3 nitrogen and oxygen atoms in total. The first kappa shape index (κ1) is 13.7. The van der Waals surface area contributed by atoms with Crippen LogP contribution in [-0.4, -0.2) is 22.8 Å². The summed E-state index contributed by atoms with van der Waals surface area (Å²) in [6.45, 7) is 0.429. The first-order chi connectivity index (χ1) is 9.08. The fourth-order valence-electron chi connectivity index (χ4n) is 1.68. The van der Waals surface area contributed by atoms with Crippen LogP contribution in [0.3, 0.4) is 0 Å². The zero-order valence-corrected chi connectivity index (χ0v) is 11.9. The number of hydrogen-bond donors (Lipinski definition) is 0. The van der Waals surface area contributed by atoms with Gasteiger partial charge in [0.15, 0.2) is 0 Å². The quantitative estimate of drug-likeness (QED) is 0.813. The molecule has 1 aromatic carbocycles. The Kier molecular flexibility index (Phi) is 4.27. The summed E-state index contributed by atoms with van der Waals surface area (Å²) in [5, 5.41) is 0. The molecular formula is C14H12BrFN2O. The summed E-state index contributed by atoms with van der Waals surface area (Å²) in [6.07, 6.45) is 0. The molecule has 0 unspecified atom stereocenters. The van der Waals surface area contributed by atoms with Gasteiger partial charge in [0, 0.05) is 18.1 Å². The molecule has 0 spiro atoms. The fraction of sp³-hybridized carbons (Fsp3) is 0.143. The fourth-order valence-corrected chi connectivity index (χ4v) is 2.09. The van der Waals surface area contributed by atoms with Gasteiger partial charge in [-0.15, -0.1) is 0 Å². The molecule has 0 aliphatic rings. The van der Waals surface area contributed by atoms with Gasteiger partial charge in [-0.2, -0.15) is 4.39 Å². The van der Waals surface area contributed by atoms with E-state index in [-0.39, 0.29) is 11.6 Å². The topological polar surface area (TPSA) is 33.2 Å². The number of carbonyl (C=O) groups excluding carboxylic acids is 1. The lowest BCUT2D eigenvalue weighted by Crippen LogP contribution is -2.27. The summed E-state index contributed by atoms with van der Waals surface area (Å²) in [5.41, 5.74) is 1.09. The minimum Gasteiger partial charge on any atom is -0.336 e. The average molecular weight is 323 g/mol. The second kappa shape index (κ2) is 5.93. The summed E-state index contributed by atoms with van der Waals surface area (Å²) in [4.78, 5) is 17.2. The van der Waals surface area contributed by atoms with Crippen LogP contribution in [0.2, 0.25) is 0 Å². The number of hydrogen-bond acceptors (Lipinski definition) is 2. The summed E-state index contributed by atoms with van der Waals surface area (Å²) < 4.78 is 13.9. The van der Waals surface area contributed by atoms with Crippen LogP contribution in [0, 0.1) is 5.95 Å². The van der Waals surface area contributed by atoms with Crippen LogP contribution in [0.25, 0.3) is 0 Å². The molecule has 2 aromatic rings. The first-order valence-corrected chi connectivity index (χ1v) is 6.48. The Labute approximate surface area is 119 Å². The maximum atomic E-state index is 13.0. The molecule has 1 amide bonds. The zero-order valence-electron chi connectivity index (χ0n) is 10.3. The van der Waals surface area contributed by atoms with Crippen LogP contribution < -0.4 is 0 Å². The Balaban J connectivity index is 2.14. The van der Waals surface area contributed by atoms with E-state index >= 15 is 0 Å². The van der Waals surface area contributed by atoms with Gasteiger partial charge < -0.3 is 4.90 Å². The lowest BCUT2D eigenvalue weighted by molar-refractivity contribution is 0.0778. The predicted molar refractivity (Wildman–Crippen MR) is 74.1 cm³/mol. The molecular weight excluding hydrogens is 311 g/mol. The first-order valence-electron chi connectivity index (χ1n) is 5.69. The van der Waals surface area contributed by atoms with E-state index in [0.717, 1.165) is 10.0 Å². The smallest absolute Gasteiger partial charge is 0.272 e. The number of halogens is 2. The van der Waals surface area contributed by atoms with Gasteiger partial charge in [-0.25, -0.2) is 4.98 Å². The maximum Gasteiger partial charge on any atom is 0.272 e. The maximum absolute atomic E-state index is 13.0. The molecule has 0 fully saturated rings. The Morgan fingerprint density at radius 2 is 2.00 bits per heavy atom. The van der Waals surface area contributed by atoms with E-state index in [2.05, 4.69) is 20.9 Å². The van der Waals surface area contributed by atoms with Gasteiger partial charge in [0.05, 0.1) is 0 Å². The van der Waals surface area contributed by atoms with Crippen molar-refractivity contribution in [2.24, 2.45) is 0 Å². The molecule has 0 saturated carbocycles. The van der Waals surface area contributed by atoms with E-state index in [1.807, 2.05) is 24.3 Å². The molecule has 2 rings (SSSR count). The van der Waals surface area contributed by atoms with Crippen molar-refractivity contribution >= 4 is 21.8 Å².